The fourth-order valence-electron chi connectivity index (χ4n) is 1.50. The van der Waals surface area contributed by atoms with Crippen LogP contribution in [0.15, 0.2) is 11.4 Å². The molecule has 0 saturated carbocycles. The molecule has 14 heavy (non-hydrogen) atoms. The van der Waals surface area contributed by atoms with Gasteiger partial charge in [-0.1, -0.05) is 0 Å². The Labute approximate surface area is 92.3 Å². The van der Waals surface area contributed by atoms with Crippen LogP contribution in [-0.4, -0.2) is 35.4 Å². The highest BCUT2D eigenvalue weighted by Crippen LogP contribution is 2.17. The number of carbonyl (C=O) groups excluding carboxylic acids is 1. The standard InChI is InChI=1S/C10H13NOS2/c1-8-6-9(7-14-8)10(12)11-2-4-13-5-3-11/h6-7H,2-5H2,1H3. The van der Waals surface area contributed by atoms with Gasteiger partial charge >= 0.3 is 0 Å². The predicted octanol–water partition coefficient (Wildman–Crippen LogP) is 2.25. The molecule has 1 aromatic heterocycles. The van der Waals surface area contributed by atoms with E-state index in [-0.39, 0.29) is 5.91 Å². The Morgan fingerprint density at radius 2 is 2.14 bits per heavy atom. The molecule has 0 aromatic carbocycles. The molecule has 1 aromatic rings. The van der Waals surface area contributed by atoms with Crippen LogP contribution >= 0.6 is 23.1 Å². The van der Waals surface area contributed by atoms with E-state index in [1.54, 1.807) is 11.3 Å². The van der Waals surface area contributed by atoms with Gasteiger partial charge < -0.3 is 4.90 Å². The van der Waals surface area contributed by atoms with Crippen LogP contribution in [-0.2, 0) is 0 Å². The van der Waals surface area contributed by atoms with Gasteiger partial charge in [0.15, 0.2) is 0 Å². The van der Waals surface area contributed by atoms with E-state index in [2.05, 4.69) is 0 Å². The summed E-state index contributed by atoms with van der Waals surface area (Å²) < 4.78 is 0. The van der Waals surface area contributed by atoms with Gasteiger partial charge in [-0.2, -0.15) is 11.8 Å². The number of rotatable bonds is 1. The van der Waals surface area contributed by atoms with Gasteiger partial charge in [-0.15, -0.1) is 11.3 Å². The van der Waals surface area contributed by atoms with Crippen molar-refractivity contribution in [3.63, 3.8) is 0 Å². The van der Waals surface area contributed by atoms with Crippen molar-refractivity contribution in [3.05, 3.63) is 21.9 Å². The average Bonchev–Trinajstić information content (AvgIpc) is 2.65. The molecule has 1 fully saturated rings. The lowest BCUT2D eigenvalue weighted by Gasteiger charge is -2.25. The van der Waals surface area contributed by atoms with Crippen LogP contribution in [0.3, 0.4) is 0 Å². The van der Waals surface area contributed by atoms with Crippen LogP contribution in [0.2, 0.25) is 0 Å². The van der Waals surface area contributed by atoms with E-state index in [1.165, 1.54) is 4.88 Å². The molecular weight excluding hydrogens is 214 g/mol. The molecule has 76 valence electrons. The number of amides is 1. The largest absolute Gasteiger partial charge is 0.337 e. The minimum absolute atomic E-state index is 0.203. The maximum Gasteiger partial charge on any atom is 0.254 e. The van der Waals surface area contributed by atoms with Gasteiger partial charge in [0.2, 0.25) is 0 Å². The van der Waals surface area contributed by atoms with Crippen LogP contribution < -0.4 is 0 Å². The second-order valence-electron chi connectivity index (χ2n) is 3.35. The molecule has 0 spiro atoms. The van der Waals surface area contributed by atoms with Crippen molar-refractivity contribution in [1.82, 2.24) is 4.90 Å². The lowest BCUT2D eigenvalue weighted by atomic mass is 10.2. The zero-order valence-electron chi connectivity index (χ0n) is 8.16. The van der Waals surface area contributed by atoms with Crippen LogP contribution in [0.1, 0.15) is 15.2 Å². The zero-order valence-corrected chi connectivity index (χ0v) is 9.79. The molecule has 0 radical (unpaired) electrons. The van der Waals surface area contributed by atoms with Crippen LogP contribution in [0, 0.1) is 6.92 Å². The summed E-state index contributed by atoms with van der Waals surface area (Å²) in [4.78, 5) is 15.1. The summed E-state index contributed by atoms with van der Waals surface area (Å²) in [6, 6.07) is 1.98. The molecule has 1 aliphatic rings. The third kappa shape index (κ3) is 2.12. The quantitative estimate of drug-likeness (QED) is 0.733. The summed E-state index contributed by atoms with van der Waals surface area (Å²) in [6.07, 6.45) is 0. The van der Waals surface area contributed by atoms with Gasteiger partial charge in [-0.25, -0.2) is 0 Å². The summed E-state index contributed by atoms with van der Waals surface area (Å²) in [5.74, 6) is 2.36. The van der Waals surface area contributed by atoms with Crippen molar-refractivity contribution in [2.45, 2.75) is 6.92 Å². The highest BCUT2D eigenvalue weighted by atomic mass is 32.2. The Morgan fingerprint density at radius 1 is 1.43 bits per heavy atom. The highest BCUT2D eigenvalue weighted by Gasteiger charge is 2.18. The number of hydrogen-bond donors (Lipinski definition) is 0. The van der Waals surface area contributed by atoms with Gasteiger partial charge in [0.05, 0.1) is 5.56 Å². The first-order valence-corrected chi connectivity index (χ1v) is 6.73. The molecule has 1 aliphatic heterocycles. The number of thiophene rings is 1. The van der Waals surface area contributed by atoms with E-state index < -0.39 is 0 Å². The van der Waals surface area contributed by atoms with Crippen LogP contribution in [0.25, 0.3) is 0 Å². The zero-order chi connectivity index (χ0) is 9.97. The van der Waals surface area contributed by atoms with Crippen molar-refractivity contribution >= 4 is 29.0 Å². The van der Waals surface area contributed by atoms with E-state index in [9.17, 15) is 4.79 Å². The third-order valence-electron chi connectivity index (χ3n) is 2.28. The minimum Gasteiger partial charge on any atom is -0.337 e. The maximum absolute atomic E-state index is 11.9. The fourth-order valence-corrected chi connectivity index (χ4v) is 3.08. The van der Waals surface area contributed by atoms with E-state index in [1.807, 2.05) is 35.0 Å². The van der Waals surface area contributed by atoms with Crippen molar-refractivity contribution in [1.29, 1.82) is 0 Å². The van der Waals surface area contributed by atoms with Crippen molar-refractivity contribution in [2.24, 2.45) is 0 Å². The Bertz CT molecular complexity index is 329. The van der Waals surface area contributed by atoms with Gasteiger partial charge in [0.25, 0.3) is 5.91 Å². The molecular formula is C10H13NOS2. The Kier molecular flexibility index (Phi) is 3.13. The van der Waals surface area contributed by atoms with E-state index >= 15 is 0 Å². The number of hydrogen-bond acceptors (Lipinski definition) is 3. The first kappa shape index (κ1) is 10.1. The monoisotopic (exact) mass is 227 g/mol. The molecule has 0 bridgehead atoms. The summed E-state index contributed by atoms with van der Waals surface area (Å²) >= 11 is 3.57. The Hall–Kier alpha value is -0.480. The highest BCUT2D eigenvalue weighted by molar-refractivity contribution is 7.99. The molecule has 0 unspecified atom stereocenters. The summed E-state index contributed by atoms with van der Waals surface area (Å²) in [6.45, 7) is 3.84. The Morgan fingerprint density at radius 3 is 2.71 bits per heavy atom. The molecule has 2 rings (SSSR count). The molecule has 4 heteroatoms. The van der Waals surface area contributed by atoms with E-state index in [0.29, 0.717) is 0 Å². The van der Waals surface area contributed by atoms with Gasteiger partial charge in [-0.05, 0) is 13.0 Å². The topological polar surface area (TPSA) is 20.3 Å². The summed E-state index contributed by atoms with van der Waals surface area (Å²) in [5, 5.41) is 1.96. The lowest BCUT2D eigenvalue weighted by molar-refractivity contribution is 0.0773. The molecule has 1 amide bonds. The molecule has 0 atom stereocenters. The number of thioether (sulfide) groups is 1. The lowest BCUT2D eigenvalue weighted by Crippen LogP contribution is -2.37. The first-order valence-electron chi connectivity index (χ1n) is 4.69. The molecule has 0 N–H and O–H groups in total. The second kappa shape index (κ2) is 4.36. The SMILES string of the molecule is Cc1cc(C(=O)N2CCSCC2)cs1. The van der Waals surface area contributed by atoms with Crippen molar-refractivity contribution in [2.75, 3.05) is 24.6 Å². The number of aryl methyl sites for hydroxylation is 1. The minimum atomic E-state index is 0.203. The maximum atomic E-state index is 11.9. The number of nitrogens with zero attached hydrogens (tertiary/aromatic N) is 1. The second-order valence-corrected chi connectivity index (χ2v) is 5.69. The van der Waals surface area contributed by atoms with E-state index in [4.69, 9.17) is 0 Å². The smallest absolute Gasteiger partial charge is 0.254 e. The van der Waals surface area contributed by atoms with Gasteiger partial charge in [-0.3, -0.25) is 4.79 Å². The fraction of sp³-hybridized carbons (Fsp3) is 0.500. The average molecular weight is 227 g/mol. The first-order chi connectivity index (χ1) is 6.77. The van der Waals surface area contributed by atoms with Gasteiger partial charge in [0, 0.05) is 34.9 Å². The third-order valence-corrected chi connectivity index (χ3v) is 4.08. The summed E-state index contributed by atoms with van der Waals surface area (Å²) in [5.41, 5.74) is 0.861. The van der Waals surface area contributed by atoms with Crippen molar-refractivity contribution < 1.29 is 4.79 Å². The number of carbonyl (C=O) groups is 1. The normalized spacial score (nSPS) is 17.1. The molecule has 2 heterocycles. The molecule has 2 nitrogen and oxygen atoms in total. The molecule has 0 aliphatic carbocycles. The Balaban J connectivity index is 2.07. The predicted molar refractivity (Wildman–Crippen MR) is 62.3 cm³/mol. The summed E-state index contributed by atoms with van der Waals surface area (Å²) in [7, 11) is 0. The van der Waals surface area contributed by atoms with Gasteiger partial charge in [0.1, 0.15) is 0 Å². The van der Waals surface area contributed by atoms with Crippen molar-refractivity contribution in [3.8, 4) is 0 Å². The van der Waals surface area contributed by atoms with E-state index in [0.717, 1.165) is 30.2 Å². The van der Waals surface area contributed by atoms with Crippen LogP contribution in [0.5, 0.6) is 0 Å². The van der Waals surface area contributed by atoms with Crippen LogP contribution in [0.4, 0.5) is 0 Å². The molecule has 1 saturated heterocycles.